The summed E-state index contributed by atoms with van der Waals surface area (Å²) in [6.45, 7) is 8.52. The molecule has 0 spiro atoms. The maximum Gasteiger partial charge on any atom is 0.0857 e. The summed E-state index contributed by atoms with van der Waals surface area (Å²) in [6, 6.07) is 0. The highest BCUT2D eigenvalue weighted by Gasteiger charge is 2.44. The van der Waals surface area contributed by atoms with Crippen LogP contribution < -0.4 is 10.6 Å². The Labute approximate surface area is 116 Å². The molecule has 1 unspecified atom stereocenters. The van der Waals surface area contributed by atoms with Crippen LogP contribution >= 0.6 is 0 Å². The fourth-order valence-electron chi connectivity index (χ4n) is 4.24. The van der Waals surface area contributed by atoms with Crippen molar-refractivity contribution in [3.8, 4) is 0 Å². The van der Waals surface area contributed by atoms with Gasteiger partial charge in [-0.3, -0.25) is 0 Å². The molecule has 1 atom stereocenters. The fourth-order valence-corrected chi connectivity index (χ4v) is 4.24. The third kappa shape index (κ3) is 2.16. The first-order chi connectivity index (χ1) is 9.17. The van der Waals surface area contributed by atoms with Crippen LogP contribution in [0.3, 0.4) is 0 Å². The Morgan fingerprint density at radius 2 is 2.11 bits per heavy atom. The van der Waals surface area contributed by atoms with E-state index in [2.05, 4.69) is 44.2 Å². The van der Waals surface area contributed by atoms with Crippen LogP contribution in [0.5, 0.6) is 0 Å². The van der Waals surface area contributed by atoms with Gasteiger partial charge in [0.05, 0.1) is 26.7 Å². The number of aromatic nitrogens is 1. The van der Waals surface area contributed by atoms with Gasteiger partial charge in [-0.05, 0) is 30.0 Å². The van der Waals surface area contributed by atoms with Crippen LogP contribution in [0.2, 0.25) is 0 Å². The van der Waals surface area contributed by atoms with E-state index in [1.807, 2.05) is 0 Å². The number of quaternary nitrogens is 1. The second-order valence-electron chi connectivity index (χ2n) is 6.67. The number of nitrogens with zero attached hydrogens (tertiary/aromatic N) is 1. The molecule has 2 nitrogen and oxygen atoms in total. The van der Waals surface area contributed by atoms with Gasteiger partial charge in [0.25, 0.3) is 0 Å². The van der Waals surface area contributed by atoms with E-state index in [9.17, 15) is 0 Å². The van der Waals surface area contributed by atoms with Crippen molar-refractivity contribution in [3.63, 3.8) is 0 Å². The lowest BCUT2D eigenvalue weighted by atomic mass is 9.74. The summed E-state index contributed by atoms with van der Waals surface area (Å²) < 4.78 is 1.29. The van der Waals surface area contributed by atoms with Crippen LogP contribution in [0, 0.1) is 5.92 Å². The number of aromatic amines is 1. The van der Waals surface area contributed by atoms with Gasteiger partial charge in [0, 0.05) is 30.3 Å². The summed E-state index contributed by atoms with van der Waals surface area (Å²) in [7, 11) is 2.45. The Hall–Kier alpha value is -1.02. The molecular formula is C17H27N2+. The van der Waals surface area contributed by atoms with E-state index in [4.69, 9.17) is 0 Å². The van der Waals surface area contributed by atoms with E-state index in [0.717, 1.165) is 18.3 Å². The molecule has 0 radical (unpaired) electrons. The summed E-state index contributed by atoms with van der Waals surface area (Å²) >= 11 is 0. The Balaban J connectivity index is 2.02. The van der Waals surface area contributed by atoms with Gasteiger partial charge >= 0.3 is 0 Å². The van der Waals surface area contributed by atoms with Crippen molar-refractivity contribution < 1.29 is 4.48 Å². The third-order valence-electron chi connectivity index (χ3n) is 5.37. The molecule has 3 fully saturated rings. The van der Waals surface area contributed by atoms with Gasteiger partial charge in [-0.2, -0.15) is 0 Å². The smallest absolute Gasteiger partial charge is 0.0857 e. The quantitative estimate of drug-likeness (QED) is 0.782. The molecule has 0 aliphatic carbocycles. The minimum Gasteiger partial charge on any atom is -0.361 e. The van der Waals surface area contributed by atoms with Gasteiger partial charge in [-0.25, -0.2) is 0 Å². The molecular weight excluding hydrogens is 232 g/mol. The molecule has 1 aromatic rings. The van der Waals surface area contributed by atoms with Crippen LogP contribution in [-0.2, 0) is 0 Å². The minimum absolute atomic E-state index is 0.772. The molecule has 3 saturated heterocycles. The maximum atomic E-state index is 3.50. The Morgan fingerprint density at radius 1 is 1.37 bits per heavy atom. The lowest BCUT2D eigenvalue weighted by molar-refractivity contribution is -0.926. The highest BCUT2D eigenvalue weighted by Crippen LogP contribution is 2.40. The highest BCUT2D eigenvalue weighted by molar-refractivity contribution is 5.34. The second-order valence-corrected chi connectivity index (χ2v) is 6.67. The van der Waals surface area contributed by atoms with Crippen LogP contribution in [0.25, 0.3) is 12.2 Å². The van der Waals surface area contributed by atoms with Gasteiger partial charge in [0.15, 0.2) is 0 Å². The van der Waals surface area contributed by atoms with Crippen molar-refractivity contribution in [3.05, 3.63) is 22.3 Å². The molecule has 3 aliphatic heterocycles. The fraction of sp³-hybridized carbons (Fsp3) is 0.647. The van der Waals surface area contributed by atoms with Gasteiger partial charge in [-0.1, -0.05) is 19.1 Å². The van der Waals surface area contributed by atoms with Gasteiger partial charge in [0.2, 0.25) is 0 Å². The standard InChI is InChI=1S/C17H27N2/c1-4-6-17-14(5-2)15(11-18-17)16-12-19(3)9-7-13(16)8-10-19/h5-6,11,13,16,18H,4,7-10,12H2,1-3H3/q+1. The zero-order valence-corrected chi connectivity index (χ0v) is 12.6. The molecule has 104 valence electrons. The van der Waals surface area contributed by atoms with Crippen LogP contribution in [-0.4, -0.2) is 36.1 Å². The first-order valence-corrected chi connectivity index (χ1v) is 7.84. The first kappa shape index (κ1) is 13.0. The first-order valence-electron chi connectivity index (χ1n) is 7.84. The summed E-state index contributed by atoms with van der Waals surface area (Å²) in [6.07, 6.45) is 10.8. The van der Waals surface area contributed by atoms with Gasteiger partial charge < -0.3 is 9.47 Å². The van der Waals surface area contributed by atoms with Crippen molar-refractivity contribution in [2.75, 3.05) is 26.7 Å². The van der Waals surface area contributed by atoms with Crippen LogP contribution in [0.1, 0.15) is 44.6 Å². The minimum atomic E-state index is 0.772. The topological polar surface area (TPSA) is 15.8 Å². The zero-order valence-electron chi connectivity index (χ0n) is 12.6. The van der Waals surface area contributed by atoms with Crippen molar-refractivity contribution in [2.24, 2.45) is 5.92 Å². The lowest BCUT2D eigenvalue weighted by Crippen LogP contribution is -2.58. The molecule has 3 aliphatic rings. The Morgan fingerprint density at radius 3 is 2.68 bits per heavy atom. The Kier molecular flexibility index (Phi) is 3.30. The number of H-pyrrole nitrogens is 1. The summed E-state index contributed by atoms with van der Waals surface area (Å²) in [5.74, 6) is 1.69. The summed E-state index contributed by atoms with van der Waals surface area (Å²) in [5, 5.41) is 2.80. The second kappa shape index (κ2) is 4.82. The molecule has 0 aromatic carbocycles. The van der Waals surface area contributed by atoms with E-state index >= 15 is 0 Å². The SMILES string of the molecule is CC=c1c(C2C[N+]3(C)CCC2CC3)c[nH]c1=CCC. The predicted molar refractivity (Wildman–Crippen MR) is 81.2 cm³/mol. The van der Waals surface area contributed by atoms with E-state index in [0.29, 0.717) is 0 Å². The Bertz CT molecular complexity index is 559. The van der Waals surface area contributed by atoms with Crippen molar-refractivity contribution >= 4 is 12.2 Å². The number of hydrogen-bond acceptors (Lipinski definition) is 0. The maximum absolute atomic E-state index is 3.50. The number of hydrogen-bond donors (Lipinski definition) is 1. The van der Waals surface area contributed by atoms with Crippen LogP contribution in [0.15, 0.2) is 6.20 Å². The van der Waals surface area contributed by atoms with Crippen molar-refractivity contribution in [2.45, 2.75) is 39.0 Å². The van der Waals surface area contributed by atoms with Gasteiger partial charge in [-0.15, -0.1) is 0 Å². The highest BCUT2D eigenvalue weighted by atomic mass is 15.3. The molecule has 2 heteroatoms. The summed E-state index contributed by atoms with van der Waals surface area (Å²) in [4.78, 5) is 3.50. The van der Waals surface area contributed by atoms with E-state index in [-0.39, 0.29) is 0 Å². The van der Waals surface area contributed by atoms with E-state index in [1.165, 1.54) is 47.5 Å². The lowest BCUT2D eigenvalue weighted by Gasteiger charge is -2.50. The number of rotatable bonds is 2. The van der Waals surface area contributed by atoms with Crippen molar-refractivity contribution in [1.82, 2.24) is 4.98 Å². The molecule has 1 aromatic heterocycles. The molecule has 19 heavy (non-hydrogen) atoms. The molecule has 0 amide bonds. The van der Waals surface area contributed by atoms with Gasteiger partial charge in [0.1, 0.15) is 0 Å². The largest absolute Gasteiger partial charge is 0.361 e. The van der Waals surface area contributed by atoms with Crippen LogP contribution in [0.4, 0.5) is 0 Å². The average Bonchev–Trinajstić information content (AvgIpc) is 2.82. The summed E-state index contributed by atoms with van der Waals surface area (Å²) in [5.41, 5.74) is 1.58. The zero-order chi connectivity index (χ0) is 13.5. The monoisotopic (exact) mass is 259 g/mol. The molecule has 0 saturated carbocycles. The van der Waals surface area contributed by atoms with E-state index < -0.39 is 0 Å². The molecule has 2 bridgehead atoms. The average molecular weight is 259 g/mol. The predicted octanol–water partition coefficient (Wildman–Crippen LogP) is 1.96. The molecule has 4 heterocycles. The number of likely N-dealkylation sites (N-methyl/N-ethyl adjacent to an activating group) is 1. The number of nitrogens with one attached hydrogen (secondary N) is 1. The van der Waals surface area contributed by atoms with E-state index in [1.54, 1.807) is 5.56 Å². The number of piperidine rings is 3. The molecule has 4 rings (SSSR count). The number of fused-ring (bicyclic) bond motifs is 3. The molecule has 1 N–H and O–H groups in total. The third-order valence-corrected chi connectivity index (χ3v) is 5.37. The van der Waals surface area contributed by atoms with Crippen molar-refractivity contribution in [1.29, 1.82) is 0 Å². The normalized spacial score (nSPS) is 36.2.